The lowest BCUT2D eigenvalue weighted by Crippen LogP contribution is -2.09. The molecule has 0 amide bonds. The Labute approximate surface area is 178 Å². The molecule has 7 nitrogen and oxygen atoms in total. The summed E-state index contributed by atoms with van der Waals surface area (Å²) in [5.74, 6) is -0.426. The summed E-state index contributed by atoms with van der Waals surface area (Å²) in [6.45, 7) is 0.193. The highest BCUT2D eigenvalue weighted by atomic mass is 35.5. The molecule has 0 aliphatic carbocycles. The Morgan fingerprint density at radius 3 is 2.33 bits per heavy atom. The molecule has 1 heterocycles. The van der Waals surface area contributed by atoms with E-state index in [1.165, 1.54) is 0 Å². The summed E-state index contributed by atoms with van der Waals surface area (Å²) in [7, 11) is 0. The monoisotopic (exact) mass is 457 g/mol. The lowest BCUT2D eigenvalue weighted by atomic mass is 10.2. The Morgan fingerprint density at radius 1 is 1.03 bits per heavy atom. The van der Waals surface area contributed by atoms with Gasteiger partial charge in [0.2, 0.25) is 11.6 Å². The molecule has 0 spiro atoms. The minimum Gasteiger partial charge on any atom is -0.360 e. The Kier molecular flexibility index (Phi) is 6.28. The second kappa shape index (κ2) is 8.72. The van der Waals surface area contributed by atoms with Gasteiger partial charge in [-0.25, -0.2) is 9.97 Å². The molecular formula is C18H12Cl2F3N5O2. The molecule has 2 aromatic carbocycles. The van der Waals surface area contributed by atoms with Crippen LogP contribution in [0.1, 0.15) is 11.1 Å². The largest absolute Gasteiger partial charge is 0.416 e. The standard InChI is InChI=1S/C18H12Cl2F3N5O2/c19-12-4-1-10(2-5-12)8-24-16-15(28(29)30)17(26-9-25-16)27-14-7-11(18(21,22)23)3-6-13(14)20/h1-7,9H,8H2,(H2,24,25,26,27). The Morgan fingerprint density at radius 2 is 1.70 bits per heavy atom. The molecule has 12 heteroatoms. The van der Waals surface area contributed by atoms with Crippen molar-refractivity contribution >= 4 is 46.2 Å². The van der Waals surface area contributed by atoms with E-state index in [0.29, 0.717) is 5.02 Å². The number of alkyl halides is 3. The van der Waals surface area contributed by atoms with E-state index in [1.54, 1.807) is 24.3 Å². The number of aromatic nitrogens is 2. The van der Waals surface area contributed by atoms with Crippen molar-refractivity contribution in [3.63, 3.8) is 0 Å². The molecule has 0 radical (unpaired) electrons. The lowest BCUT2D eigenvalue weighted by Gasteiger charge is -2.13. The van der Waals surface area contributed by atoms with E-state index in [1.807, 2.05) is 0 Å². The van der Waals surface area contributed by atoms with Gasteiger partial charge in [0, 0.05) is 11.6 Å². The van der Waals surface area contributed by atoms with Gasteiger partial charge in [-0.2, -0.15) is 13.2 Å². The third kappa shape index (κ3) is 5.08. The molecule has 0 saturated heterocycles. The fraction of sp³-hybridized carbons (Fsp3) is 0.111. The van der Waals surface area contributed by atoms with Crippen LogP contribution in [0, 0.1) is 10.1 Å². The number of anilines is 3. The van der Waals surface area contributed by atoms with Gasteiger partial charge in [-0.15, -0.1) is 0 Å². The fourth-order valence-corrected chi connectivity index (χ4v) is 2.78. The maximum atomic E-state index is 13.0. The van der Waals surface area contributed by atoms with Crippen LogP contribution in [0.5, 0.6) is 0 Å². The maximum absolute atomic E-state index is 13.0. The topological polar surface area (TPSA) is 93.0 Å². The summed E-state index contributed by atoms with van der Waals surface area (Å²) >= 11 is 11.8. The molecule has 0 bridgehead atoms. The SMILES string of the molecule is O=[N+]([O-])c1c(NCc2ccc(Cl)cc2)ncnc1Nc1cc(C(F)(F)F)ccc1Cl. The molecule has 0 fully saturated rings. The van der Waals surface area contributed by atoms with Crippen LogP contribution >= 0.6 is 23.2 Å². The second-order valence-corrected chi connectivity index (χ2v) is 6.82. The zero-order chi connectivity index (χ0) is 21.9. The van der Waals surface area contributed by atoms with Gasteiger partial charge < -0.3 is 10.6 Å². The number of hydrogen-bond acceptors (Lipinski definition) is 6. The number of nitrogens with zero attached hydrogens (tertiary/aromatic N) is 3. The number of halogens is 5. The molecule has 0 aliphatic rings. The van der Waals surface area contributed by atoms with Crippen LogP contribution in [0.25, 0.3) is 0 Å². The van der Waals surface area contributed by atoms with Crippen LogP contribution in [0.4, 0.5) is 36.2 Å². The van der Waals surface area contributed by atoms with Crippen molar-refractivity contribution in [1.29, 1.82) is 0 Å². The van der Waals surface area contributed by atoms with Crippen molar-refractivity contribution in [1.82, 2.24) is 9.97 Å². The first kappa shape index (κ1) is 21.6. The number of benzene rings is 2. The second-order valence-electron chi connectivity index (χ2n) is 5.97. The van der Waals surface area contributed by atoms with Crippen LogP contribution in [0.3, 0.4) is 0 Å². The quantitative estimate of drug-likeness (QED) is 0.344. The van der Waals surface area contributed by atoms with Gasteiger partial charge in [0.25, 0.3) is 0 Å². The molecule has 0 aliphatic heterocycles. The highest BCUT2D eigenvalue weighted by Gasteiger charge is 2.31. The minimum absolute atomic E-state index is 0.0633. The number of hydrogen-bond donors (Lipinski definition) is 2. The van der Waals surface area contributed by atoms with Gasteiger partial charge in [-0.05, 0) is 35.9 Å². The van der Waals surface area contributed by atoms with Crippen molar-refractivity contribution in [3.05, 3.63) is 80.1 Å². The molecule has 156 valence electrons. The van der Waals surface area contributed by atoms with Crippen LogP contribution in [-0.2, 0) is 12.7 Å². The maximum Gasteiger partial charge on any atom is 0.416 e. The van der Waals surface area contributed by atoms with E-state index >= 15 is 0 Å². The van der Waals surface area contributed by atoms with Gasteiger partial charge in [-0.1, -0.05) is 35.3 Å². The summed E-state index contributed by atoms with van der Waals surface area (Å²) in [6, 6.07) is 9.37. The first-order valence-electron chi connectivity index (χ1n) is 8.26. The highest BCUT2D eigenvalue weighted by molar-refractivity contribution is 6.33. The molecular weight excluding hydrogens is 446 g/mol. The average Bonchev–Trinajstić information content (AvgIpc) is 2.68. The third-order valence-corrected chi connectivity index (χ3v) is 4.51. The van der Waals surface area contributed by atoms with E-state index in [2.05, 4.69) is 20.6 Å². The van der Waals surface area contributed by atoms with Crippen molar-refractivity contribution in [2.75, 3.05) is 10.6 Å². The van der Waals surface area contributed by atoms with Crippen molar-refractivity contribution < 1.29 is 18.1 Å². The predicted molar refractivity (Wildman–Crippen MR) is 107 cm³/mol. The Hall–Kier alpha value is -3.11. The van der Waals surface area contributed by atoms with Crippen LogP contribution in [-0.4, -0.2) is 14.9 Å². The molecule has 30 heavy (non-hydrogen) atoms. The zero-order valence-electron chi connectivity index (χ0n) is 14.9. The fourth-order valence-electron chi connectivity index (χ4n) is 2.49. The molecule has 0 unspecified atom stereocenters. The smallest absolute Gasteiger partial charge is 0.360 e. The van der Waals surface area contributed by atoms with E-state index in [0.717, 1.165) is 30.1 Å². The van der Waals surface area contributed by atoms with Crippen molar-refractivity contribution in [2.24, 2.45) is 0 Å². The van der Waals surface area contributed by atoms with E-state index < -0.39 is 22.4 Å². The normalized spacial score (nSPS) is 11.2. The molecule has 3 aromatic rings. The number of nitrogens with one attached hydrogen (secondary N) is 2. The third-order valence-electron chi connectivity index (χ3n) is 3.92. The number of rotatable bonds is 6. The molecule has 0 atom stereocenters. The highest BCUT2D eigenvalue weighted by Crippen LogP contribution is 2.37. The average molecular weight is 458 g/mol. The summed E-state index contributed by atoms with van der Waals surface area (Å²) in [4.78, 5) is 18.5. The molecule has 3 rings (SSSR count). The van der Waals surface area contributed by atoms with Crippen molar-refractivity contribution in [2.45, 2.75) is 12.7 Å². The van der Waals surface area contributed by atoms with Crippen LogP contribution < -0.4 is 10.6 Å². The van der Waals surface area contributed by atoms with Gasteiger partial charge in [-0.3, -0.25) is 10.1 Å². The molecule has 0 saturated carbocycles. The van der Waals surface area contributed by atoms with E-state index in [4.69, 9.17) is 23.2 Å². The lowest BCUT2D eigenvalue weighted by molar-refractivity contribution is -0.383. The number of nitro groups is 1. The molecule has 1 aromatic heterocycles. The van der Waals surface area contributed by atoms with Gasteiger partial charge in [0.1, 0.15) is 6.33 Å². The summed E-state index contributed by atoms with van der Waals surface area (Å²) in [5, 5.41) is 17.4. The van der Waals surface area contributed by atoms with Crippen LogP contribution in [0.2, 0.25) is 10.0 Å². The van der Waals surface area contributed by atoms with E-state index in [9.17, 15) is 23.3 Å². The summed E-state index contributed by atoms with van der Waals surface area (Å²) in [6.07, 6.45) is -3.56. The van der Waals surface area contributed by atoms with Crippen molar-refractivity contribution in [3.8, 4) is 0 Å². The summed E-state index contributed by atoms with van der Waals surface area (Å²) < 4.78 is 38.9. The Balaban J connectivity index is 1.91. The van der Waals surface area contributed by atoms with Gasteiger partial charge >= 0.3 is 11.9 Å². The first-order valence-corrected chi connectivity index (χ1v) is 9.02. The summed E-state index contributed by atoms with van der Waals surface area (Å²) in [5.41, 5.74) is -0.910. The minimum atomic E-state index is -4.61. The zero-order valence-corrected chi connectivity index (χ0v) is 16.4. The van der Waals surface area contributed by atoms with E-state index in [-0.39, 0.29) is 28.9 Å². The predicted octanol–water partition coefficient (Wildman–Crippen LogP) is 6.07. The first-order chi connectivity index (χ1) is 14.1. The van der Waals surface area contributed by atoms with Gasteiger partial charge in [0.05, 0.1) is 21.2 Å². The van der Waals surface area contributed by atoms with Crippen LogP contribution in [0.15, 0.2) is 48.8 Å². The van der Waals surface area contributed by atoms with Gasteiger partial charge in [0.15, 0.2) is 0 Å². The molecule has 2 N–H and O–H groups in total. The Bertz CT molecular complexity index is 1080.